The predicted octanol–water partition coefficient (Wildman–Crippen LogP) is 5.18. The van der Waals surface area contributed by atoms with Crippen molar-refractivity contribution in [2.75, 3.05) is 23.7 Å². The highest BCUT2D eigenvalue weighted by Crippen LogP contribution is 2.27. The molecule has 4 rings (SSSR count). The predicted molar refractivity (Wildman–Crippen MR) is 120 cm³/mol. The van der Waals surface area contributed by atoms with Crippen molar-refractivity contribution in [3.8, 4) is 11.3 Å². The summed E-state index contributed by atoms with van der Waals surface area (Å²) >= 11 is 0. The van der Waals surface area contributed by atoms with Crippen LogP contribution in [0.2, 0.25) is 0 Å². The van der Waals surface area contributed by atoms with Gasteiger partial charge in [0.15, 0.2) is 0 Å². The van der Waals surface area contributed by atoms with Crippen LogP contribution in [0, 0.1) is 22.9 Å². The highest BCUT2D eigenvalue weighted by Gasteiger charge is 2.16. The summed E-state index contributed by atoms with van der Waals surface area (Å²) in [4.78, 5) is 19.9. The summed E-state index contributed by atoms with van der Waals surface area (Å²) < 4.78 is 13.2. The topological polar surface area (TPSA) is 93.0 Å². The van der Waals surface area contributed by atoms with Crippen molar-refractivity contribution in [3.63, 3.8) is 0 Å². The monoisotopic (exact) mass is 417 g/mol. The molecule has 0 spiro atoms. The van der Waals surface area contributed by atoms with Crippen LogP contribution in [0.5, 0.6) is 0 Å². The van der Waals surface area contributed by atoms with Crippen LogP contribution in [0.1, 0.15) is 5.56 Å². The van der Waals surface area contributed by atoms with Crippen LogP contribution in [0.3, 0.4) is 0 Å². The van der Waals surface area contributed by atoms with E-state index in [4.69, 9.17) is 0 Å². The summed E-state index contributed by atoms with van der Waals surface area (Å²) in [6.45, 7) is 2.92. The van der Waals surface area contributed by atoms with Gasteiger partial charge >= 0.3 is 5.69 Å². The van der Waals surface area contributed by atoms with Gasteiger partial charge in [0.1, 0.15) is 11.6 Å². The lowest BCUT2D eigenvalue weighted by Crippen LogP contribution is -2.16. The van der Waals surface area contributed by atoms with Crippen LogP contribution in [0.25, 0.3) is 22.2 Å². The Morgan fingerprint density at radius 3 is 2.48 bits per heavy atom. The molecule has 0 radical (unpaired) electrons. The molecule has 156 valence electrons. The third-order valence-corrected chi connectivity index (χ3v) is 4.86. The number of hydrogen-bond donors (Lipinski definition) is 2. The van der Waals surface area contributed by atoms with E-state index in [0.29, 0.717) is 24.3 Å². The van der Waals surface area contributed by atoms with Gasteiger partial charge in [0.05, 0.1) is 16.1 Å². The van der Waals surface area contributed by atoms with E-state index in [2.05, 4.69) is 20.6 Å². The molecule has 31 heavy (non-hydrogen) atoms. The molecule has 4 aromatic rings. The number of rotatable bonds is 7. The van der Waals surface area contributed by atoms with Crippen molar-refractivity contribution < 1.29 is 9.31 Å². The Morgan fingerprint density at radius 1 is 0.968 bits per heavy atom. The van der Waals surface area contributed by atoms with Gasteiger partial charge < -0.3 is 10.6 Å². The molecule has 0 atom stereocenters. The van der Waals surface area contributed by atoms with E-state index in [1.54, 1.807) is 18.2 Å². The number of anilines is 2. The Balaban J connectivity index is 1.46. The average Bonchev–Trinajstić information content (AvgIpc) is 2.77. The van der Waals surface area contributed by atoms with Gasteiger partial charge in [-0.15, -0.1) is 0 Å². The Morgan fingerprint density at radius 2 is 1.71 bits per heavy atom. The fourth-order valence-electron chi connectivity index (χ4n) is 3.32. The number of halogens is 1. The molecule has 2 N–H and O–H groups in total. The summed E-state index contributed by atoms with van der Waals surface area (Å²) in [5, 5.41) is 18.7. The minimum Gasteiger partial charge on any atom is -0.368 e. The van der Waals surface area contributed by atoms with E-state index in [1.807, 2.05) is 37.3 Å². The van der Waals surface area contributed by atoms with Crippen LogP contribution in [-0.2, 0) is 0 Å². The fraction of sp³-hybridized carbons (Fsp3) is 0.130. The molecule has 0 amide bonds. The highest BCUT2D eigenvalue weighted by atomic mass is 19.1. The first-order valence-corrected chi connectivity index (χ1v) is 9.77. The van der Waals surface area contributed by atoms with Crippen LogP contribution in [0.15, 0.2) is 66.7 Å². The van der Waals surface area contributed by atoms with Crippen LogP contribution in [0.4, 0.5) is 21.7 Å². The third kappa shape index (κ3) is 4.58. The Hall–Kier alpha value is -4.07. The number of nitro groups is 1. The summed E-state index contributed by atoms with van der Waals surface area (Å²) in [5.41, 5.74) is 3.10. The third-order valence-electron chi connectivity index (χ3n) is 4.86. The molecule has 0 fully saturated rings. The zero-order chi connectivity index (χ0) is 21.8. The zero-order valence-corrected chi connectivity index (χ0v) is 16.8. The second-order valence-corrected chi connectivity index (χ2v) is 7.02. The molecular weight excluding hydrogens is 397 g/mol. The summed E-state index contributed by atoms with van der Waals surface area (Å²) in [6.07, 6.45) is 0. The van der Waals surface area contributed by atoms with Crippen LogP contribution < -0.4 is 10.6 Å². The SMILES string of the molecule is Cc1cc(NCCNc2nc(-c3ccc(F)cc3)ccc2[N+](=O)[O-])nc2ccccc12. The minimum absolute atomic E-state index is 0.120. The molecule has 0 aliphatic carbocycles. The van der Waals surface area contributed by atoms with Crippen molar-refractivity contribution >= 4 is 28.2 Å². The summed E-state index contributed by atoms with van der Waals surface area (Å²) in [6, 6.07) is 18.7. The molecule has 0 unspecified atom stereocenters. The van der Waals surface area contributed by atoms with E-state index in [1.165, 1.54) is 18.2 Å². The quantitative estimate of drug-likeness (QED) is 0.245. The van der Waals surface area contributed by atoms with E-state index in [0.717, 1.165) is 22.3 Å². The fourth-order valence-corrected chi connectivity index (χ4v) is 3.32. The molecular formula is C23H20FN5O2. The molecule has 0 aliphatic rings. The number of hydrogen-bond acceptors (Lipinski definition) is 6. The minimum atomic E-state index is -0.481. The first-order valence-electron chi connectivity index (χ1n) is 9.77. The highest BCUT2D eigenvalue weighted by molar-refractivity contribution is 5.83. The molecule has 7 nitrogen and oxygen atoms in total. The van der Waals surface area contributed by atoms with Gasteiger partial charge in [-0.1, -0.05) is 18.2 Å². The Bertz CT molecular complexity index is 1240. The van der Waals surface area contributed by atoms with E-state index >= 15 is 0 Å². The molecule has 0 bridgehead atoms. The van der Waals surface area contributed by atoms with Gasteiger partial charge in [-0.05, 0) is 55.0 Å². The first kappa shape index (κ1) is 20.2. The smallest absolute Gasteiger partial charge is 0.311 e. The van der Waals surface area contributed by atoms with Crippen molar-refractivity contribution in [2.24, 2.45) is 0 Å². The lowest BCUT2D eigenvalue weighted by Gasteiger charge is -2.11. The molecule has 8 heteroatoms. The van der Waals surface area contributed by atoms with E-state index < -0.39 is 4.92 Å². The number of para-hydroxylation sites is 1. The van der Waals surface area contributed by atoms with Crippen LogP contribution in [-0.4, -0.2) is 28.0 Å². The normalized spacial score (nSPS) is 10.8. The molecule has 2 heterocycles. The first-order chi connectivity index (χ1) is 15.0. The maximum absolute atomic E-state index is 13.2. The van der Waals surface area contributed by atoms with Crippen molar-refractivity contribution in [2.45, 2.75) is 6.92 Å². The number of nitrogens with zero attached hydrogens (tertiary/aromatic N) is 3. The second-order valence-electron chi connectivity index (χ2n) is 7.02. The Kier molecular flexibility index (Phi) is 5.70. The number of pyridine rings is 2. The van der Waals surface area contributed by atoms with E-state index in [-0.39, 0.29) is 17.3 Å². The van der Waals surface area contributed by atoms with E-state index in [9.17, 15) is 14.5 Å². The van der Waals surface area contributed by atoms with Crippen molar-refractivity contribution in [1.82, 2.24) is 9.97 Å². The molecule has 2 aromatic carbocycles. The zero-order valence-electron chi connectivity index (χ0n) is 16.8. The number of aromatic nitrogens is 2. The van der Waals surface area contributed by atoms with Gasteiger partial charge in [0.25, 0.3) is 0 Å². The second kappa shape index (κ2) is 8.74. The van der Waals surface area contributed by atoms with Gasteiger partial charge in [-0.25, -0.2) is 14.4 Å². The number of fused-ring (bicyclic) bond motifs is 1. The van der Waals surface area contributed by atoms with Crippen molar-refractivity contribution in [3.05, 3.63) is 88.2 Å². The maximum atomic E-state index is 13.2. The number of nitrogens with one attached hydrogen (secondary N) is 2. The average molecular weight is 417 g/mol. The van der Waals surface area contributed by atoms with Gasteiger partial charge in [-0.2, -0.15) is 0 Å². The number of benzene rings is 2. The molecule has 2 aromatic heterocycles. The molecule has 0 aliphatic heterocycles. The maximum Gasteiger partial charge on any atom is 0.311 e. The molecule has 0 saturated heterocycles. The largest absolute Gasteiger partial charge is 0.368 e. The van der Waals surface area contributed by atoms with Crippen molar-refractivity contribution in [1.29, 1.82) is 0 Å². The van der Waals surface area contributed by atoms with Gasteiger partial charge in [0.2, 0.25) is 5.82 Å². The lowest BCUT2D eigenvalue weighted by molar-refractivity contribution is -0.384. The summed E-state index contributed by atoms with van der Waals surface area (Å²) in [5.74, 6) is 0.546. The Labute approximate surface area is 178 Å². The number of aryl methyl sites for hydroxylation is 1. The lowest BCUT2D eigenvalue weighted by atomic mass is 10.1. The van der Waals surface area contributed by atoms with Gasteiger partial charge in [0, 0.05) is 30.1 Å². The summed E-state index contributed by atoms with van der Waals surface area (Å²) in [7, 11) is 0. The van der Waals surface area contributed by atoms with Gasteiger partial charge in [-0.3, -0.25) is 10.1 Å². The van der Waals surface area contributed by atoms with Crippen LogP contribution >= 0.6 is 0 Å². The molecule has 0 saturated carbocycles. The standard InChI is InChI=1S/C23H20FN5O2/c1-15-14-22(27-20-5-3-2-4-18(15)20)25-12-13-26-23-21(29(30)31)11-10-19(28-23)16-6-8-17(24)9-7-16/h2-11,14H,12-13H2,1H3,(H,25,27)(H,26,28).